The number of aromatic nitrogens is 2. The van der Waals surface area contributed by atoms with Gasteiger partial charge < -0.3 is 15.0 Å². The van der Waals surface area contributed by atoms with Crippen LogP contribution in [0.3, 0.4) is 0 Å². The SMILES string of the molecule is Cc1cc([N+](=O)[O-])nn1Cc1csc(C(=O)N2CCN(Cc3cccc(F)c3F)CC2)c1. The Morgan fingerprint density at radius 1 is 1.19 bits per heavy atom. The molecule has 11 heteroatoms. The summed E-state index contributed by atoms with van der Waals surface area (Å²) in [6.45, 7) is 4.50. The maximum absolute atomic E-state index is 13.9. The first-order chi connectivity index (χ1) is 15.3. The zero-order valence-corrected chi connectivity index (χ0v) is 18.1. The maximum Gasteiger partial charge on any atom is 0.390 e. The molecule has 0 atom stereocenters. The second kappa shape index (κ2) is 9.13. The number of nitrogens with zero attached hydrogens (tertiary/aromatic N) is 5. The molecule has 0 unspecified atom stereocenters. The zero-order valence-electron chi connectivity index (χ0n) is 17.3. The number of benzene rings is 1. The van der Waals surface area contributed by atoms with E-state index in [-0.39, 0.29) is 11.7 Å². The van der Waals surface area contributed by atoms with Gasteiger partial charge in [0.2, 0.25) is 0 Å². The third-order valence-corrected chi connectivity index (χ3v) is 6.40. The lowest BCUT2D eigenvalue weighted by molar-refractivity contribution is -0.389. The first-order valence-corrected chi connectivity index (χ1v) is 10.9. The Hall–Kier alpha value is -3.18. The van der Waals surface area contributed by atoms with Gasteiger partial charge in [0, 0.05) is 38.3 Å². The van der Waals surface area contributed by atoms with E-state index in [9.17, 15) is 23.7 Å². The molecule has 0 saturated carbocycles. The predicted molar refractivity (Wildman–Crippen MR) is 115 cm³/mol. The zero-order chi connectivity index (χ0) is 22.8. The molecule has 4 rings (SSSR count). The van der Waals surface area contributed by atoms with E-state index in [0.717, 1.165) is 11.6 Å². The van der Waals surface area contributed by atoms with Crippen LogP contribution in [0.2, 0.25) is 0 Å². The Kier molecular flexibility index (Phi) is 6.28. The van der Waals surface area contributed by atoms with Gasteiger partial charge in [-0.1, -0.05) is 12.1 Å². The number of rotatable bonds is 6. The lowest BCUT2D eigenvalue weighted by Crippen LogP contribution is -2.48. The van der Waals surface area contributed by atoms with E-state index in [0.29, 0.717) is 55.4 Å². The molecule has 0 aliphatic carbocycles. The summed E-state index contributed by atoms with van der Waals surface area (Å²) in [6.07, 6.45) is 0. The van der Waals surface area contributed by atoms with Gasteiger partial charge in [-0.15, -0.1) is 11.3 Å². The smallest absolute Gasteiger partial charge is 0.358 e. The molecule has 8 nitrogen and oxygen atoms in total. The van der Waals surface area contributed by atoms with Gasteiger partial charge in [-0.25, -0.2) is 8.78 Å². The van der Waals surface area contributed by atoms with Crippen LogP contribution in [-0.2, 0) is 13.1 Å². The Morgan fingerprint density at radius 3 is 2.62 bits per heavy atom. The number of thiophene rings is 1. The first-order valence-electron chi connectivity index (χ1n) is 10.0. The molecule has 1 saturated heterocycles. The van der Waals surface area contributed by atoms with Gasteiger partial charge in [-0.2, -0.15) is 4.68 Å². The van der Waals surface area contributed by atoms with Crippen LogP contribution in [0.1, 0.15) is 26.5 Å². The van der Waals surface area contributed by atoms with E-state index in [2.05, 4.69) is 5.10 Å². The summed E-state index contributed by atoms with van der Waals surface area (Å²) in [5.41, 5.74) is 1.82. The van der Waals surface area contributed by atoms with Crippen LogP contribution >= 0.6 is 11.3 Å². The minimum Gasteiger partial charge on any atom is -0.358 e. The van der Waals surface area contributed by atoms with E-state index >= 15 is 0 Å². The summed E-state index contributed by atoms with van der Waals surface area (Å²) in [4.78, 5) is 27.6. The van der Waals surface area contributed by atoms with Crippen molar-refractivity contribution in [2.24, 2.45) is 0 Å². The van der Waals surface area contributed by atoms with Gasteiger partial charge in [0.1, 0.15) is 0 Å². The van der Waals surface area contributed by atoms with Crippen LogP contribution in [0.25, 0.3) is 0 Å². The lowest BCUT2D eigenvalue weighted by atomic mass is 10.1. The first kappa shape index (κ1) is 22.0. The number of amides is 1. The van der Waals surface area contributed by atoms with Gasteiger partial charge >= 0.3 is 5.82 Å². The fourth-order valence-electron chi connectivity index (χ4n) is 3.66. The Bertz CT molecular complexity index is 1150. The summed E-state index contributed by atoms with van der Waals surface area (Å²) in [7, 11) is 0. The summed E-state index contributed by atoms with van der Waals surface area (Å²) < 4.78 is 28.9. The topological polar surface area (TPSA) is 84.5 Å². The summed E-state index contributed by atoms with van der Waals surface area (Å²) in [5, 5.41) is 16.7. The molecule has 168 valence electrons. The number of halogens is 2. The van der Waals surface area contributed by atoms with Crippen molar-refractivity contribution in [3.8, 4) is 0 Å². The van der Waals surface area contributed by atoms with E-state index in [1.54, 1.807) is 28.6 Å². The molecular weight excluding hydrogens is 440 g/mol. The highest BCUT2D eigenvalue weighted by atomic mass is 32.1. The fourth-order valence-corrected chi connectivity index (χ4v) is 4.53. The third kappa shape index (κ3) is 4.68. The molecule has 1 aliphatic rings. The molecular formula is C21H21F2N5O3S. The van der Waals surface area contributed by atoms with Gasteiger partial charge in [-0.3, -0.25) is 9.69 Å². The molecule has 1 aliphatic heterocycles. The third-order valence-electron chi connectivity index (χ3n) is 5.44. The van der Waals surface area contributed by atoms with Crippen LogP contribution in [0, 0.1) is 28.7 Å². The summed E-state index contributed by atoms with van der Waals surface area (Å²) in [6, 6.07) is 7.35. The van der Waals surface area contributed by atoms with Crippen molar-refractivity contribution < 1.29 is 18.5 Å². The number of carbonyl (C=O) groups is 1. The summed E-state index contributed by atoms with van der Waals surface area (Å²) >= 11 is 1.33. The van der Waals surface area contributed by atoms with Crippen molar-refractivity contribution in [1.29, 1.82) is 0 Å². The van der Waals surface area contributed by atoms with Gasteiger partial charge in [0.25, 0.3) is 5.91 Å². The Morgan fingerprint density at radius 2 is 1.94 bits per heavy atom. The average Bonchev–Trinajstić information content (AvgIpc) is 3.39. The minimum atomic E-state index is -0.857. The number of carbonyl (C=O) groups excluding carboxylic acids is 1. The van der Waals surface area contributed by atoms with Crippen molar-refractivity contribution in [2.75, 3.05) is 26.2 Å². The van der Waals surface area contributed by atoms with E-state index in [1.165, 1.54) is 23.5 Å². The number of hydrogen-bond donors (Lipinski definition) is 0. The standard InChI is InChI=1S/C21H21F2N5O3S/c1-14-9-19(28(30)31)24-27(14)11-15-10-18(32-13-15)21(29)26-7-5-25(6-8-26)12-16-3-2-4-17(22)20(16)23/h2-4,9-10,13H,5-8,11-12H2,1H3. The molecule has 3 aromatic rings. The second-order valence-corrected chi connectivity index (χ2v) is 8.57. The van der Waals surface area contributed by atoms with Crippen LogP contribution in [0.4, 0.5) is 14.6 Å². The average molecular weight is 461 g/mol. The summed E-state index contributed by atoms with van der Waals surface area (Å²) in [5.74, 6) is -1.97. The van der Waals surface area contributed by atoms with E-state index < -0.39 is 16.6 Å². The van der Waals surface area contributed by atoms with Gasteiger partial charge in [0.05, 0.1) is 28.3 Å². The highest BCUT2D eigenvalue weighted by Gasteiger charge is 2.24. The Balaban J connectivity index is 1.34. The molecule has 1 amide bonds. The molecule has 3 heterocycles. The van der Waals surface area contributed by atoms with Crippen molar-refractivity contribution in [3.05, 3.63) is 79.2 Å². The van der Waals surface area contributed by atoms with Crippen LogP contribution in [0.5, 0.6) is 0 Å². The molecule has 32 heavy (non-hydrogen) atoms. The lowest BCUT2D eigenvalue weighted by Gasteiger charge is -2.34. The van der Waals surface area contributed by atoms with E-state index in [4.69, 9.17) is 0 Å². The van der Waals surface area contributed by atoms with Gasteiger partial charge in [-0.05, 0) is 34.9 Å². The monoisotopic (exact) mass is 461 g/mol. The predicted octanol–water partition coefficient (Wildman–Crippen LogP) is 3.45. The van der Waals surface area contributed by atoms with Crippen LogP contribution in [0.15, 0.2) is 35.7 Å². The van der Waals surface area contributed by atoms with Crippen molar-refractivity contribution >= 4 is 23.1 Å². The van der Waals surface area contributed by atoms with Crippen molar-refractivity contribution in [2.45, 2.75) is 20.0 Å². The van der Waals surface area contributed by atoms with E-state index in [1.807, 2.05) is 10.3 Å². The molecule has 1 fully saturated rings. The molecule has 1 aromatic carbocycles. The number of aryl methyl sites for hydroxylation is 1. The molecule has 0 spiro atoms. The second-order valence-electron chi connectivity index (χ2n) is 7.66. The van der Waals surface area contributed by atoms with Crippen LogP contribution < -0.4 is 0 Å². The van der Waals surface area contributed by atoms with Gasteiger partial charge in [0.15, 0.2) is 11.6 Å². The molecule has 0 radical (unpaired) electrons. The number of piperazine rings is 1. The molecule has 2 aromatic heterocycles. The van der Waals surface area contributed by atoms with Crippen molar-refractivity contribution in [3.63, 3.8) is 0 Å². The van der Waals surface area contributed by atoms with Crippen LogP contribution in [-0.4, -0.2) is 56.6 Å². The minimum absolute atomic E-state index is 0.0824. The molecule has 0 bridgehead atoms. The number of hydrogen-bond acceptors (Lipinski definition) is 6. The highest BCUT2D eigenvalue weighted by Crippen LogP contribution is 2.21. The largest absolute Gasteiger partial charge is 0.390 e. The number of nitro groups is 1. The fraction of sp³-hybridized carbons (Fsp3) is 0.333. The quantitative estimate of drug-likeness (QED) is 0.415. The normalized spacial score (nSPS) is 14.7. The van der Waals surface area contributed by atoms with Crippen molar-refractivity contribution in [1.82, 2.24) is 19.6 Å². The maximum atomic E-state index is 13.9. The molecule has 0 N–H and O–H groups in total. The highest BCUT2D eigenvalue weighted by molar-refractivity contribution is 7.12. The Labute approximate surface area is 186 Å².